The minimum atomic E-state index is 0.113. The molecule has 2 aliphatic rings. The number of rotatable bonds is 3. The number of nitrogens with two attached hydrogens (primary N) is 1. The van der Waals surface area contributed by atoms with E-state index in [1.807, 2.05) is 0 Å². The summed E-state index contributed by atoms with van der Waals surface area (Å²) in [5.41, 5.74) is 6.51. The third-order valence-corrected chi connectivity index (χ3v) is 5.34. The molecule has 1 aliphatic heterocycles. The maximum absolute atomic E-state index is 12.5. The quantitative estimate of drug-likeness (QED) is 0.853. The van der Waals surface area contributed by atoms with E-state index >= 15 is 0 Å². The Balaban J connectivity index is 1.89. The van der Waals surface area contributed by atoms with Crippen LogP contribution in [0.25, 0.3) is 0 Å². The van der Waals surface area contributed by atoms with Gasteiger partial charge in [-0.15, -0.1) is 0 Å². The van der Waals surface area contributed by atoms with Crippen LogP contribution in [0.5, 0.6) is 0 Å². The van der Waals surface area contributed by atoms with Crippen molar-refractivity contribution in [1.29, 1.82) is 0 Å². The number of carbonyl (C=O) groups excluding carboxylic acids is 1. The Hall–Kier alpha value is -0.570. The minimum absolute atomic E-state index is 0.113. The second-order valence-electron chi connectivity index (χ2n) is 7.49. The second-order valence-corrected chi connectivity index (χ2v) is 7.49. The van der Waals surface area contributed by atoms with Crippen LogP contribution in [0, 0.1) is 10.8 Å². The highest BCUT2D eigenvalue weighted by atomic mass is 16.2. The van der Waals surface area contributed by atoms with Crippen molar-refractivity contribution in [2.45, 2.75) is 65.2 Å². The van der Waals surface area contributed by atoms with Crippen LogP contribution >= 0.6 is 0 Å². The normalized spacial score (nSPS) is 26.2. The molecule has 0 aromatic carbocycles. The molecular weight excluding hydrogens is 236 g/mol. The van der Waals surface area contributed by atoms with Crippen LogP contribution in [0.2, 0.25) is 0 Å². The fourth-order valence-electron chi connectivity index (χ4n) is 3.55. The van der Waals surface area contributed by atoms with E-state index in [1.165, 1.54) is 19.3 Å². The van der Waals surface area contributed by atoms with Gasteiger partial charge in [0.25, 0.3) is 0 Å². The molecule has 1 saturated carbocycles. The minimum Gasteiger partial charge on any atom is -0.343 e. The Morgan fingerprint density at radius 1 is 1.05 bits per heavy atom. The maximum Gasteiger partial charge on any atom is 0.223 e. The van der Waals surface area contributed by atoms with E-state index < -0.39 is 0 Å². The maximum atomic E-state index is 12.5. The van der Waals surface area contributed by atoms with Crippen LogP contribution in [0.3, 0.4) is 0 Å². The molecule has 0 aromatic rings. The number of hydrogen-bond donors (Lipinski definition) is 1. The van der Waals surface area contributed by atoms with E-state index in [9.17, 15) is 4.79 Å². The van der Waals surface area contributed by atoms with Gasteiger partial charge in [-0.2, -0.15) is 0 Å². The van der Waals surface area contributed by atoms with Gasteiger partial charge in [0.05, 0.1) is 0 Å². The first-order valence-electron chi connectivity index (χ1n) is 7.94. The van der Waals surface area contributed by atoms with Gasteiger partial charge >= 0.3 is 0 Å². The number of piperidine rings is 1. The number of amides is 1. The highest BCUT2D eigenvalue weighted by Gasteiger charge is 2.36. The number of hydrogen-bond acceptors (Lipinski definition) is 2. The summed E-state index contributed by atoms with van der Waals surface area (Å²) < 4.78 is 0. The van der Waals surface area contributed by atoms with Gasteiger partial charge < -0.3 is 10.6 Å². The molecule has 0 radical (unpaired) electrons. The standard InChI is InChI=1S/C16H30N2O/c1-15(2)8-10-18(11-9-15)14(19)12-16(13-17)6-4-3-5-7-16/h3-13,17H2,1-2H3. The summed E-state index contributed by atoms with van der Waals surface area (Å²) in [7, 11) is 0. The molecule has 1 aliphatic carbocycles. The van der Waals surface area contributed by atoms with Gasteiger partial charge in [0, 0.05) is 19.5 Å². The Morgan fingerprint density at radius 2 is 1.63 bits per heavy atom. The Labute approximate surface area is 117 Å². The predicted octanol–water partition coefficient (Wildman–Crippen LogP) is 2.93. The second kappa shape index (κ2) is 5.82. The van der Waals surface area contributed by atoms with Crippen molar-refractivity contribution in [3.63, 3.8) is 0 Å². The lowest BCUT2D eigenvalue weighted by molar-refractivity contribution is -0.136. The Morgan fingerprint density at radius 3 is 2.16 bits per heavy atom. The molecular formula is C16H30N2O. The van der Waals surface area contributed by atoms with Crippen LogP contribution in [-0.4, -0.2) is 30.4 Å². The SMILES string of the molecule is CC1(C)CCN(C(=O)CC2(CN)CCCCC2)CC1. The largest absolute Gasteiger partial charge is 0.343 e. The van der Waals surface area contributed by atoms with Gasteiger partial charge in [-0.1, -0.05) is 33.1 Å². The van der Waals surface area contributed by atoms with Crippen molar-refractivity contribution >= 4 is 5.91 Å². The van der Waals surface area contributed by atoms with Gasteiger partial charge in [-0.3, -0.25) is 4.79 Å². The van der Waals surface area contributed by atoms with Crippen LogP contribution < -0.4 is 5.73 Å². The first-order valence-corrected chi connectivity index (χ1v) is 7.94. The average molecular weight is 266 g/mol. The average Bonchev–Trinajstić information content (AvgIpc) is 2.39. The van der Waals surface area contributed by atoms with Crippen LogP contribution in [-0.2, 0) is 4.79 Å². The van der Waals surface area contributed by atoms with Gasteiger partial charge in [-0.05, 0) is 43.1 Å². The van der Waals surface area contributed by atoms with Crippen molar-refractivity contribution in [3.05, 3.63) is 0 Å². The topological polar surface area (TPSA) is 46.3 Å². The molecule has 2 fully saturated rings. The summed E-state index contributed by atoms with van der Waals surface area (Å²) in [4.78, 5) is 14.6. The first kappa shape index (κ1) is 14.8. The third kappa shape index (κ3) is 3.71. The molecule has 3 heteroatoms. The summed E-state index contributed by atoms with van der Waals surface area (Å²) in [5.74, 6) is 0.350. The van der Waals surface area contributed by atoms with Crippen molar-refractivity contribution in [2.75, 3.05) is 19.6 Å². The molecule has 2 N–H and O–H groups in total. The molecule has 3 nitrogen and oxygen atoms in total. The lowest BCUT2D eigenvalue weighted by atomic mass is 9.71. The molecule has 0 atom stereocenters. The number of likely N-dealkylation sites (tertiary alicyclic amines) is 1. The molecule has 0 bridgehead atoms. The van der Waals surface area contributed by atoms with Gasteiger partial charge in [-0.25, -0.2) is 0 Å². The monoisotopic (exact) mass is 266 g/mol. The number of carbonyl (C=O) groups is 1. The predicted molar refractivity (Wildman–Crippen MR) is 78.8 cm³/mol. The van der Waals surface area contributed by atoms with E-state index in [0.29, 0.717) is 24.3 Å². The molecule has 1 saturated heterocycles. The van der Waals surface area contributed by atoms with Gasteiger partial charge in [0.1, 0.15) is 0 Å². The molecule has 0 spiro atoms. The summed E-state index contributed by atoms with van der Waals surface area (Å²) in [6.45, 7) is 7.16. The number of nitrogens with zero attached hydrogens (tertiary/aromatic N) is 1. The molecule has 0 unspecified atom stereocenters. The lowest BCUT2D eigenvalue weighted by Crippen LogP contribution is -2.45. The highest BCUT2D eigenvalue weighted by Crippen LogP contribution is 2.39. The molecule has 0 aromatic heterocycles. The summed E-state index contributed by atoms with van der Waals surface area (Å²) >= 11 is 0. The molecule has 110 valence electrons. The van der Waals surface area contributed by atoms with Crippen LogP contribution in [0.4, 0.5) is 0 Å². The summed E-state index contributed by atoms with van der Waals surface area (Å²) in [6, 6.07) is 0. The van der Waals surface area contributed by atoms with Gasteiger partial charge in [0.2, 0.25) is 5.91 Å². The van der Waals surface area contributed by atoms with E-state index in [1.54, 1.807) is 0 Å². The van der Waals surface area contributed by atoms with Crippen LogP contribution in [0.1, 0.15) is 65.2 Å². The van der Waals surface area contributed by atoms with Crippen molar-refractivity contribution in [2.24, 2.45) is 16.6 Å². The van der Waals surface area contributed by atoms with Crippen molar-refractivity contribution in [3.8, 4) is 0 Å². The van der Waals surface area contributed by atoms with Crippen molar-refractivity contribution in [1.82, 2.24) is 4.90 Å². The van der Waals surface area contributed by atoms with Gasteiger partial charge in [0.15, 0.2) is 0 Å². The van der Waals surface area contributed by atoms with Crippen LogP contribution in [0.15, 0.2) is 0 Å². The fraction of sp³-hybridized carbons (Fsp3) is 0.938. The Kier molecular flexibility index (Phi) is 4.54. The van der Waals surface area contributed by atoms with E-state index in [-0.39, 0.29) is 5.41 Å². The molecule has 2 rings (SSSR count). The first-order chi connectivity index (χ1) is 8.96. The smallest absolute Gasteiger partial charge is 0.223 e. The zero-order chi connectivity index (χ0) is 13.9. The zero-order valence-electron chi connectivity index (χ0n) is 12.7. The van der Waals surface area contributed by atoms with E-state index in [2.05, 4.69) is 18.7 Å². The lowest BCUT2D eigenvalue weighted by Gasteiger charge is -2.40. The van der Waals surface area contributed by atoms with E-state index in [4.69, 9.17) is 5.73 Å². The zero-order valence-corrected chi connectivity index (χ0v) is 12.7. The summed E-state index contributed by atoms with van der Waals surface area (Å²) in [5, 5.41) is 0. The molecule has 1 amide bonds. The fourth-order valence-corrected chi connectivity index (χ4v) is 3.55. The van der Waals surface area contributed by atoms with Crippen molar-refractivity contribution < 1.29 is 4.79 Å². The third-order valence-electron chi connectivity index (χ3n) is 5.34. The summed E-state index contributed by atoms with van der Waals surface area (Å²) in [6.07, 6.45) is 9.05. The Bertz CT molecular complexity index is 309. The molecule has 19 heavy (non-hydrogen) atoms. The molecule has 1 heterocycles. The highest BCUT2D eigenvalue weighted by molar-refractivity contribution is 5.77. The van der Waals surface area contributed by atoms with E-state index in [0.717, 1.165) is 38.8 Å².